The molecule has 0 bridgehead atoms. The van der Waals surface area contributed by atoms with Gasteiger partial charge in [-0.15, -0.1) is 0 Å². The Labute approximate surface area is 121 Å². The van der Waals surface area contributed by atoms with Gasteiger partial charge in [-0.1, -0.05) is 13.8 Å². The third-order valence-corrected chi connectivity index (χ3v) is 4.85. The Morgan fingerprint density at radius 1 is 1.40 bits per heavy atom. The number of nitrogens with one attached hydrogen (secondary N) is 1. The highest BCUT2D eigenvalue weighted by atomic mass is 32.2. The second-order valence-electron chi connectivity index (χ2n) is 5.71. The summed E-state index contributed by atoms with van der Waals surface area (Å²) in [6.45, 7) is 5.19. The molecule has 0 radical (unpaired) electrons. The molecule has 0 unspecified atom stereocenters. The van der Waals surface area contributed by atoms with Crippen LogP contribution in [0, 0.1) is 5.92 Å². The molecule has 0 aliphatic heterocycles. The largest absolute Gasteiger partial charge is 0.397 e. The molecule has 1 aliphatic carbocycles. The normalized spacial score (nSPS) is 15.6. The SMILES string of the molecule is CNS(=O)(=O)c1ccc(N)c(N(CC(C)C)C2CC2)c1. The summed E-state index contributed by atoms with van der Waals surface area (Å²) >= 11 is 0. The van der Waals surface area contributed by atoms with Crippen molar-refractivity contribution in [2.45, 2.75) is 37.6 Å². The lowest BCUT2D eigenvalue weighted by Crippen LogP contribution is -2.31. The van der Waals surface area contributed by atoms with E-state index >= 15 is 0 Å². The van der Waals surface area contributed by atoms with Crippen LogP contribution in [0.3, 0.4) is 0 Å². The maximum atomic E-state index is 11.9. The van der Waals surface area contributed by atoms with Crippen molar-refractivity contribution in [2.75, 3.05) is 24.2 Å². The molecule has 20 heavy (non-hydrogen) atoms. The highest BCUT2D eigenvalue weighted by Gasteiger charge is 2.31. The number of nitrogen functional groups attached to an aromatic ring is 1. The monoisotopic (exact) mass is 297 g/mol. The molecule has 1 aliphatic rings. The lowest BCUT2D eigenvalue weighted by molar-refractivity contribution is 0.587. The fourth-order valence-corrected chi connectivity index (χ4v) is 3.03. The maximum absolute atomic E-state index is 11.9. The van der Waals surface area contributed by atoms with Crippen LogP contribution in [0.1, 0.15) is 26.7 Å². The van der Waals surface area contributed by atoms with Gasteiger partial charge >= 0.3 is 0 Å². The zero-order chi connectivity index (χ0) is 14.9. The number of rotatable bonds is 6. The molecular weight excluding hydrogens is 274 g/mol. The number of hydrogen-bond donors (Lipinski definition) is 2. The first-order valence-corrected chi connectivity index (χ1v) is 8.43. The molecule has 0 heterocycles. The highest BCUT2D eigenvalue weighted by Crippen LogP contribution is 2.36. The quantitative estimate of drug-likeness (QED) is 0.785. The fraction of sp³-hybridized carbons (Fsp3) is 0.571. The molecule has 1 aromatic carbocycles. The van der Waals surface area contributed by atoms with Crippen LogP contribution in [0.15, 0.2) is 23.1 Å². The number of benzene rings is 1. The molecule has 0 saturated heterocycles. The summed E-state index contributed by atoms with van der Waals surface area (Å²) in [5, 5.41) is 0. The second-order valence-corrected chi connectivity index (χ2v) is 7.59. The summed E-state index contributed by atoms with van der Waals surface area (Å²) in [6.07, 6.45) is 2.30. The van der Waals surface area contributed by atoms with Crippen LogP contribution in [-0.4, -0.2) is 28.1 Å². The van der Waals surface area contributed by atoms with Crippen molar-refractivity contribution in [1.82, 2.24) is 4.72 Å². The number of sulfonamides is 1. The Kier molecular flexibility index (Phi) is 4.25. The van der Waals surface area contributed by atoms with Crippen molar-refractivity contribution in [3.8, 4) is 0 Å². The maximum Gasteiger partial charge on any atom is 0.240 e. The van der Waals surface area contributed by atoms with E-state index in [-0.39, 0.29) is 4.90 Å². The molecule has 112 valence electrons. The van der Waals surface area contributed by atoms with E-state index in [1.54, 1.807) is 18.2 Å². The van der Waals surface area contributed by atoms with Gasteiger partial charge in [0, 0.05) is 12.6 Å². The Hall–Kier alpha value is -1.27. The lowest BCUT2D eigenvalue weighted by atomic mass is 10.1. The van der Waals surface area contributed by atoms with Gasteiger partial charge in [0.1, 0.15) is 0 Å². The summed E-state index contributed by atoms with van der Waals surface area (Å²) in [4.78, 5) is 2.51. The summed E-state index contributed by atoms with van der Waals surface area (Å²) in [6, 6.07) is 5.40. The van der Waals surface area contributed by atoms with Gasteiger partial charge in [0.2, 0.25) is 10.0 Å². The van der Waals surface area contributed by atoms with Crippen molar-refractivity contribution in [3.63, 3.8) is 0 Å². The molecule has 0 spiro atoms. The van der Waals surface area contributed by atoms with Crippen LogP contribution >= 0.6 is 0 Å². The van der Waals surface area contributed by atoms with E-state index in [2.05, 4.69) is 23.5 Å². The van der Waals surface area contributed by atoms with Gasteiger partial charge in [-0.2, -0.15) is 0 Å². The number of nitrogens with zero attached hydrogens (tertiary/aromatic N) is 1. The highest BCUT2D eigenvalue weighted by molar-refractivity contribution is 7.89. The van der Waals surface area contributed by atoms with E-state index in [9.17, 15) is 8.42 Å². The molecule has 6 heteroatoms. The van der Waals surface area contributed by atoms with E-state index in [0.29, 0.717) is 17.6 Å². The van der Waals surface area contributed by atoms with Crippen molar-refractivity contribution >= 4 is 21.4 Å². The van der Waals surface area contributed by atoms with Crippen LogP contribution in [0.25, 0.3) is 0 Å². The van der Waals surface area contributed by atoms with Crippen molar-refractivity contribution in [2.24, 2.45) is 5.92 Å². The van der Waals surface area contributed by atoms with Crippen LogP contribution in [0.5, 0.6) is 0 Å². The molecule has 1 saturated carbocycles. The van der Waals surface area contributed by atoms with Gasteiger partial charge in [0.05, 0.1) is 16.3 Å². The number of anilines is 2. The Morgan fingerprint density at radius 2 is 2.05 bits per heavy atom. The van der Waals surface area contributed by atoms with E-state index in [1.165, 1.54) is 7.05 Å². The summed E-state index contributed by atoms with van der Waals surface area (Å²) in [7, 11) is -2.02. The summed E-state index contributed by atoms with van der Waals surface area (Å²) in [5.41, 5.74) is 7.52. The van der Waals surface area contributed by atoms with E-state index in [0.717, 1.165) is 25.1 Å². The van der Waals surface area contributed by atoms with Gasteiger partial charge in [-0.05, 0) is 44.0 Å². The first kappa shape index (κ1) is 15.1. The molecule has 3 N–H and O–H groups in total. The third-order valence-electron chi connectivity index (χ3n) is 3.44. The van der Waals surface area contributed by atoms with Gasteiger partial charge in [0.15, 0.2) is 0 Å². The number of hydrogen-bond acceptors (Lipinski definition) is 4. The van der Waals surface area contributed by atoms with Gasteiger partial charge in [-0.3, -0.25) is 0 Å². The van der Waals surface area contributed by atoms with E-state index < -0.39 is 10.0 Å². The van der Waals surface area contributed by atoms with Gasteiger partial charge < -0.3 is 10.6 Å². The van der Waals surface area contributed by atoms with Crippen molar-refractivity contribution < 1.29 is 8.42 Å². The predicted molar refractivity (Wildman–Crippen MR) is 82.3 cm³/mol. The van der Waals surface area contributed by atoms with Crippen LogP contribution in [-0.2, 0) is 10.0 Å². The van der Waals surface area contributed by atoms with Crippen LogP contribution in [0.2, 0.25) is 0 Å². The minimum Gasteiger partial charge on any atom is -0.397 e. The van der Waals surface area contributed by atoms with Crippen LogP contribution in [0.4, 0.5) is 11.4 Å². The first-order valence-electron chi connectivity index (χ1n) is 6.95. The number of nitrogens with two attached hydrogens (primary N) is 1. The summed E-state index contributed by atoms with van der Waals surface area (Å²) in [5.74, 6) is 0.500. The van der Waals surface area contributed by atoms with Gasteiger partial charge in [-0.25, -0.2) is 13.1 Å². The third kappa shape index (κ3) is 3.24. The average molecular weight is 297 g/mol. The van der Waals surface area contributed by atoms with Gasteiger partial charge in [0.25, 0.3) is 0 Å². The molecule has 0 aromatic heterocycles. The Balaban J connectivity index is 2.41. The molecule has 1 fully saturated rings. The molecule has 1 aromatic rings. The molecule has 5 nitrogen and oxygen atoms in total. The van der Waals surface area contributed by atoms with Crippen LogP contribution < -0.4 is 15.4 Å². The smallest absolute Gasteiger partial charge is 0.240 e. The molecular formula is C14H23N3O2S. The zero-order valence-electron chi connectivity index (χ0n) is 12.3. The zero-order valence-corrected chi connectivity index (χ0v) is 13.1. The lowest BCUT2D eigenvalue weighted by Gasteiger charge is -2.28. The van der Waals surface area contributed by atoms with Crippen molar-refractivity contribution in [3.05, 3.63) is 18.2 Å². The Bertz CT molecular complexity index is 580. The average Bonchev–Trinajstić information content (AvgIpc) is 3.20. The fourth-order valence-electron chi connectivity index (χ4n) is 2.28. The molecule has 0 atom stereocenters. The summed E-state index contributed by atoms with van der Waals surface area (Å²) < 4.78 is 26.2. The molecule has 2 rings (SSSR count). The van der Waals surface area contributed by atoms with E-state index in [4.69, 9.17) is 5.73 Å². The van der Waals surface area contributed by atoms with Crippen molar-refractivity contribution in [1.29, 1.82) is 0 Å². The minimum atomic E-state index is -3.44. The molecule has 0 amide bonds. The Morgan fingerprint density at radius 3 is 2.55 bits per heavy atom. The topological polar surface area (TPSA) is 75.4 Å². The second kappa shape index (κ2) is 5.61. The standard InChI is InChI=1S/C14H23N3O2S/c1-10(2)9-17(11-4-5-11)14-8-12(6-7-13(14)15)20(18,19)16-3/h6-8,10-11,16H,4-5,9,15H2,1-3H3. The predicted octanol–water partition coefficient (Wildman–Crippen LogP) is 1.80. The van der Waals surface area contributed by atoms with E-state index in [1.807, 2.05) is 0 Å². The first-order chi connectivity index (χ1) is 9.35. The minimum absolute atomic E-state index is 0.263.